The predicted molar refractivity (Wildman–Crippen MR) is 121 cm³/mol. The quantitative estimate of drug-likeness (QED) is 0.300. The van der Waals surface area contributed by atoms with Crippen LogP contribution in [0.15, 0.2) is 54.7 Å². The largest absolute Gasteiger partial charge is 0.506 e. The van der Waals surface area contributed by atoms with Gasteiger partial charge in [-0.2, -0.15) is 0 Å². The highest BCUT2D eigenvalue weighted by molar-refractivity contribution is 7.17. The first kappa shape index (κ1) is 21.3. The lowest BCUT2D eigenvalue weighted by atomic mass is 9.97. The lowest BCUT2D eigenvalue weighted by Crippen LogP contribution is -2.12. The molecule has 0 aliphatic rings. The second kappa shape index (κ2) is 8.32. The molecule has 4 rings (SSSR count). The Labute approximate surface area is 186 Å². The molecule has 0 spiro atoms. The summed E-state index contributed by atoms with van der Waals surface area (Å²) in [7, 11) is 0. The van der Waals surface area contributed by atoms with E-state index in [2.05, 4.69) is 4.98 Å². The first-order chi connectivity index (χ1) is 15.3. The number of thiophene rings is 1. The fourth-order valence-electron chi connectivity index (χ4n) is 3.71. The number of aromatic amines is 1. The van der Waals surface area contributed by atoms with Crippen LogP contribution in [-0.4, -0.2) is 38.0 Å². The molecule has 2 aromatic carbocycles. The van der Waals surface area contributed by atoms with Gasteiger partial charge in [0.05, 0.1) is 5.92 Å². The van der Waals surface area contributed by atoms with E-state index in [4.69, 9.17) is 0 Å². The van der Waals surface area contributed by atoms with Crippen LogP contribution in [0.5, 0.6) is 5.75 Å². The summed E-state index contributed by atoms with van der Waals surface area (Å²) in [6, 6.07) is 13.8. The molecule has 7 nitrogen and oxygen atoms in total. The highest BCUT2D eigenvalue weighted by Gasteiger charge is 2.29. The number of benzene rings is 2. The Kier molecular flexibility index (Phi) is 5.54. The van der Waals surface area contributed by atoms with E-state index in [1.165, 1.54) is 6.20 Å². The van der Waals surface area contributed by atoms with Crippen molar-refractivity contribution in [3.05, 3.63) is 75.6 Å². The third kappa shape index (κ3) is 3.65. The van der Waals surface area contributed by atoms with E-state index in [-0.39, 0.29) is 33.1 Å². The number of hydrogen-bond donors (Lipinski definition) is 4. The molecular weight excluding hydrogens is 430 g/mol. The molecule has 32 heavy (non-hydrogen) atoms. The normalized spacial score (nSPS) is 12.0. The third-order valence-corrected chi connectivity index (χ3v) is 6.51. The summed E-state index contributed by atoms with van der Waals surface area (Å²) in [5.74, 6) is -3.62. The number of hydrogen-bond acceptors (Lipinski definition) is 5. The van der Waals surface area contributed by atoms with Gasteiger partial charge in [-0.15, -0.1) is 11.3 Å². The maximum Gasteiger partial charge on any atom is 0.346 e. The fourth-order valence-corrected chi connectivity index (χ4v) is 4.72. The van der Waals surface area contributed by atoms with Gasteiger partial charge >= 0.3 is 11.9 Å². The number of H-pyrrole nitrogens is 1. The molecule has 0 radical (unpaired) electrons. The number of para-hydroxylation sites is 1. The molecule has 0 aliphatic carbocycles. The summed E-state index contributed by atoms with van der Waals surface area (Å²) in [5, 5.41) is 30.3. The van der Waals surface area contributed by atoms with E-state index in [1.54, 1.807) is 55.5 Å². The second-order valence-corrected chi connectivity index (χ2v) is 8.49. The van der Waals surface area contributed by atoms with Gasteiger partial charge in [0.25, 0.3) is 0 Å². The molecular formula is C24H19NO6S. The van der Waals surface area contributed by atoms with Crippen molar-refractivity contribution in [3.8, 4) is 16.9 Å². The van der Waals surface area contributed by atoms with Crippen LogP contribution >= 0.6 is 11.3 Å². The molecule has 2 heterocycles. The molecule has 4 aromatic rings. The van der Waals surface area contributed by atoms with Crippen molar-refractivity contribution >= 4 is 40.0 Å². The zero-order chi connectivity index (χ0) is 23.0. The van der Waals surface area contributed by atoms with Gasteiger partial charge in [0.2, 0.25) is 5.78 Å². The van der Waals surface area contributed by atoms with E-state index >= 15 is 0 Å². The minimum Gasteiger partial charge on any atom is -0.506 e. The van der Waals surface area contributed by atoms with Gasteiger partial charge in [-0.05, 0) is 17.5 Å². The zero-order valence-corrected chi connectivity index (χ0v) is 17.8. The Hall–Kier alpha value is -3.91. The number of rotatable bonds is 7. The van der Waals surface area contributed by atoms with Crippen molar-refractivity contribution in [2.24, 2.45) is 5.92 Å². The highest BCUT2D eigenvalue weighted by Crippen LogP contribution is 2.43. The Morgan fingerprint density at radius 3 is 2.38 bits per heavy atom. The number of nitrogens with one attached hydrogen (secondary N) is 1. The average Bonchev–Trinajstić information content (AvgIpc) is 3.36. The van der Waals surface area contributed by atoms with Crippen molar-refractivity contribution in [1.29, 1.82) is 0 Å². The van der Waals surface area contributed by atoms with Crippen molar-refractivity contribution in [1.82, 2.24) is 4.98 Å². The molecule has 0 aliphatic heterocycles. The second-order valence-electron chi connectivity index (χ2n) is 7.47. The van der Waals surface area contributed by atoms with Crippen molar-refractivity contribution in [3.63, 3.8) is 0 Å². The molecule has 0 saturated heterocycles. The Balaban J connectivity index is 1.81. The summed E-state index contributed by atoms with van der Waals surface area (Å²) in [5.41, 5.74) is 2.28. The SMILES string of the molecule is CC(Cc1cccc2c(C(=O)c3sc(C(=O)O)c(-c4ccccc4)c3O)c[nH]c12)C(=O)O. The number of carbonyl (C=O) groups excluding carboxylic acids is 1. The summed E-state index contributed by atoms with van der Waals surface area (Å²) < 4.78 is 0. The number of aliphatic carboxylic acids is 1. The van der Waals surface area contributed by atoms with E-state index in [0.29, 0.717) is 16.5 Å². The molecule has 0 fully saturated rings. The molecule has 2 aromatic heterocycles. The van der Waals surface area contributed by atoms with Gasteiger partial charge in [0.15, 0.2) is 0 Å². The van der Waals surface area contributed by atoms with Gasteiger partial charge in [-0.25, -0.2) is 4.79 Å². The maximum absolute atomic E-state index is 13.3. The zero-order valence-electron chi connectivity index (χ0n) is 17.0. The summed E-state index contributed by atoms with van der Waals surface area (Å²) >= 11 is 0.732. The van der Waals surface area contributed by atoms with E-state index in [1.807, 2.05) is 0 Å². The van der Waals surface area contributed by atoms with Crippen molar-refractivity contribution < 1.29 is 29.7 Å². The lowest BCUT2D eigenvalue weighted by molar-refractivity contribution is -0.141. The molecule has 0 bridgehead atoms. The molecule has 1 unspecified atom stereocenters. The number of aromatic carboxylic acids is 1. The maximum atomic E-state index is 13.3. The number of ketones is 1. The van der Waals surface area contributed by atoms with Gasteiger partial charge in [-0.1, -0.05) is 55.5 Å². The topological polar surface area (TPSA) is 128 Å². The van der Waals surface area contributed by atoms with Crippen LogP contribution in [0.4, 0.5) is 0 Å². The van der Waals surface area contributed by atoms with Gasteiger partial charge in [-0.3, -0.25) is 9.59 Å². The monoisotopic (exact) mass is 449 g/mol. The molecule has 1 atom stereocenters. The molecule has 0 amide bonds. The first-order valence-corrected chi connectivity index (χ1v) is 10.6. The van der Waals surface area contributed by atoms with E-state index < -0.39 is 23.6 Å². The number of carbonyl (C=O) groups is 3. The summed E-state index contributed by atoms with van der Waals surface area (Å²) in [6.07, 6.45) is 1.79. The van der Waals surface area contributed by atoms with Crippen molar-refractivity contribution in [2.45, 2.75) is 13.3 Å². The smallest absolute Gasteiger partial charge is 0.346 e. The summed E-state index contributed by atoms with van der Waals surface area (Å²) in [4.78, 5) is 39.3. The Bertz CT molecular complexity index is 1350. The van der Waals surface area contributed by atoms with Crippen LogP contribution in [0.3, 0.4) is 0 Å². The Morgan fingerprint density at radius 2 is 1.72 bits per heavy atom. The Morgan fingerprint density at radius 1 is 1.00 bits per heavy atom. The highest BCUT2D eigenvalue weighted by atomic mass is 32.1. The molecule has 162 valence electrons. The minimum absolute atomic E-state index is 0.0635. The standard InChI is InChI=1S/C24H19NO6S/c1-12(23(28)29)10-14-8-5-9-15-16(11-25-18(14)15)19(26)22-20(27)17(21(32-22)24(30)31)13-6-3-2-4-7-13/h2-9,11-12,25,27H,10H2,1H3,(H,28,29)(H,30,31). The van der Waals surface area contributed by atoms with Crippen LogP contribution in [0.25, 0.3) is 22.0 Å². The molecule has 8 heteroatoms. The van der Waals surface area contributed by atoms with Gasteiger partial charge in [0, 0.05) is 28.2 Å². The predicted octanol–water partition coefficient (Wildman–Crippen LogP) is 4.79. The van der Waals surface area contributed by atoms with Crippen LogP contribution in [0, 0.1) is 5.92 Å². The van der Waals surface area contributed by atoms with Crippen LogP contribution in [0.2, 0.25) is 0 Å². The third-order valence-electron chi connectivity index (χ3n) is 5.34. The summed E-state index contributed by atoms with van der Waals surface area (Å²) in [6.45, 7) is 1.61. The number of carboxylic acids is 2. The minimum atomic E-state index is -1.23. The van der Waals surface area contributed by atoms with Crippen molar-refractivity contribution in [2.75, 3.05) is 0 Å². The van der Waals surface area contributed by atoms with Crippen LogP contribution < -0.4 is 0 Å². The molecule has 4 N–H and O–H groups in total. The lowest BCUT2D eigenvalue weighted by Gasteiger charge is -2.07. The first-order valence-electron chi connectivity index (χ1n) is 9.80. The average molecular weight is 449 g/mol. The number of fused-ring (bicyclic) bond motifs is 1. The van der Waals surface area contributed by atoms with Crippen LogP contribution in [0.1, 0.15) is 37.4 Å². The van der Waals surface area contributed by atoms with E-state index in [0.717, 1.165) is 16.9 Å². The fraction of sp³-hybridized carbons (Fsp3) is 0.125. The number of aromatic hydroxyl groups is 1. The molecule has 0 saturated carbocycles. The number of carboxylic acid groups (broad SMARTS) is 2. The van der Waals surface area contributed by atoms with E-state index in [9.17, 15) is 29.7 Å². The number of aromatic nitrogens is 1. The van der Waals surface area contributed by atoms with Crippen LogP contribution in [-0.2, 0) is 11.2 Å². The van der Waals surface area contributed by atoms with Gasteiger partial charge in [0.1, 0.15) is 15.5 Å². The van der Waals surface area contributed by atoms with Gasteiger partial charge < -0.3 is 20.3 Å².